The van der Waals surface area contributed by atoms with E-state index in [9.17, 15) is 19.8 Å². The monoisotopic (exact) mass is 250 g/mol. The Labute approximate surface area is 102 Å². The van der Waals surface area contributed by atoms with Gasteiger partial charge in [-0.3, -0.25) is 0 Å². The van der Waals surface area contributed by atoms with Crippen LogP contribution in [0.1, 0.15) is 37.9 Å². The highest BCUT2D eigenvalue weighted by atomic mass is 16.7. The lowest BCUT2D eigenvalue weighted by molar-refractivity contribution is -0.0942. The molecule has 0 aromatic heterocycles. The number of carbonyl (C=O) groups is 2. The third-order valence-electron chi connectivity index (χ3n) is 3.13. The van der Waals surface area contributed by atoms with Crippen LogP contribution in [-0.4, -0.2) is 35.0 Å². The number of hydrogen-bond acceptors (Lipinski definition) is 6. The first kappa shape index (κ1) is 11.2. The molecule has 94 valence electrons. The molecular weight excluding hydrogens is 240 g/mol. The van der Waals surface area contributed by atoms with Gasteiger partial charge in [-0.25, -0.2) is 9.59 Å². The maximum atomic E-state index is 11.9. The normalized spacial score (nSPS) is 25.9. The third-order valence-corrected chi connectivity index (χ3v) is 3.13. The number of aliphatic hydroxyl groups excluding tert-OH is 2. The number of ether oxygens (including phenoxy) is 2. The molecule has 1 aromatic carbocycles. The van der Waals surface area contributed by atoms with Crippen LogP contribution in [0, 0.1) is 0 Å². The minimum Gasteiger partial charge on any atom is -0.455 e. The van der Waals surface area contributed by atoms with Crippen LogP contribution in [0.4, 0.5) is 0 Å². The Morgan fingerprint density at radius 3 is 2.72 bits per heavy atom. The zero-order valence-corrected chi connectivity index (χ0v) is 9.25. The van der Waals surface area contributed by atoms with Crippen LogP contribution >= 0.6 is 0 Å². The van der Waals surface area contributed by atoms with Gasteiger partial charge in [0.15, 0.2) is 6.61 Å². The highest BCUT2D eigenvalue weighted by Gasteiger charge is 2.35. The summed E-state index contributed by atoms with van der Waals surface area (Å²) >= 11 is 0. The molecule has 0 fully saturated rings. The summed E-state index contributed by atoms with van der Waals surface area (Å²) in [5.41, 5.74) is 1.24. The Kier molecular flexibility index (Phi) is 2.36. The molecule has 0 amide bonds. The fraction of sp³-hybridized carbons (Fsp3) is 0.333. The number of aliphatic hydroxyl groups is 2. The van der Waals surface area contributed by atoms with Crippen LogP contribution in [0.5, 0.6) is 0 Å². The van der Waals surface area contributed by atoms with E-state index in [2.05, 4.69) is 0 Å². The van der Waals surface area contributed by atoms with E-state index >= 15 is 0 Å². The first-order valence-electron chi connectivity index (χ1n) is 5.48. The SMILES string of the molecule is O=C1OCC(O)OC(=O)c2c3ccc1c2CC3O. The van der Waals surface area contributed by atoms with Gasteiger partial charge in [0.2, 0.25) is 6.29 Å². The summed E-state index contributed by atoms with van der Waals surface area (Å²) in [4.78, 5) is 23.6. The van der Waals surface area contributed by atoms with E-state index in [0.717, 1.165) is 0 Å². The van der Waals surface area contributed by atoms with Gasteiger partial charge < -0.3 is 19.7 Å². The summed E-state index contributed by atoms with van der Waals surface area (Å²) in [5.74, 6) is -1.38. The van der Waals surface area contributed by atoms with E-state index in [-0.39, 0.29) is 17.5 Å². The van der Waals surface area contributed by atoms with Crippen molar-refractivity contribution in [1.82, 2.24) is 0 Å². The standard InChI is InChI=1S/C12H10O6/c13-8-3-7-5-1-2-6(8)10(7)12(16)18-9(14)4-17-11(5)15/h1-2,8-9,13-14H,3-4H2. The van der Waals surface area contributed by atoms with Crippen LogP contribution in [0.2, 0.25) is 0 Å². The average Bonchev–Trinajstić information content (AvgIpc) is 2.56. The van der Waals surface area contributed by atoms with Gasteiger partial charge >= 0.3 is 11.9 Å². The molecule has 4 bridgehead atoms. The van der Waals surface area contributed by atoms with E-state index in [4.69, 9.17) is 9.47 Å². The van der Waals surface area contributed by atoms with Crippen LogP contribution in [0.15, 0.2) is 12.1 Å². The van der Waals surface area contributed by atoms with Crippen LogP contribution in [-0.2, 0) is 15.9 Å². The van der Waals surface area contributed by atoms with Gasteiger partial charge in [-0.15, -0.1) is 0 Å². The zero-order valence-electron chi connectivity index (χ0n) is 9.25. The molecule has 0 radical (unpaired) electrons. The molecule has 2 N–H and O–H groups in total. The maximum Gasteiger partial charge on any atom is 0.341 e. The molecular formula is C12H10O6. The van der Waals surface area contributed by atoms with Crippen molar-refractivity contribution in [2.24, 2.45) is 0 Å². The molecule has 6 heteroatoms. The van der Waals surface area contributed by atoms with E-state index in [0.29, 0.717) is 11.1 Å². The smallest absolute Gasteiger partial charge is 0.341 e. The zero-order chi connectivity index (χ0) is 12.9. The molecule has 0 saturated heterocycles. The molecule has 18 heavy (non-hydrogen) atoms. The van der Waals surface area contributed by atoms with Gasteiger partial charge in [-0.1, -0.05) is 6.07 Å². The van der Waals surface area contributed by atoms with Gasteiger partial charge in [0.1, 0.15) is 0 Å². The molecule has 2 atom stereocenters. The second-order valence-electron chi connectivity index (χ2n) is 4.23. The molecule has 0 spiro atoms. The first-order valence-corrected chi connectivity index (χ1v) is 5.48. The Bertz CT molecular complexity index is 550. The Morgan fingerprint density at radius 2 is 1.94 bits per heavy atom. The minimum absolute atomic E-state index is 0.165. The molecule has 1 aliphatic heterocycles. The van der Waals surface area contributed by atoms with E-state index < -0.39 is 30.9 Å². The summed E-state index contributed by atoms with van der Waals surface area (Å²) in [6.45, 7) is -0.402. The van der Waals surface area contributed by atoms with Crippen molar-refractivity contribution in [2.75, 3.05) is 6.61 Å². The van der Waals surface area contributed by atoms with Crippen molar-refractivity contribution in [1.29, 1.82) is 0 Å². The van der Waals surface area contributed by atoms with E-state index in [1.54, 1.807) is 0 Å². The van der Waals surface area contributed by atoms with Gasteiger partial charge in [0, 0.05) is 6.42 Å². The van der Waals surface area contributed by atoms with Gasteiger partial charge in [-0.05, 0) is 17.2 Å². The highest BCUT2D eigenvalue weighted by Crippen LogP contribution is 2.36. The minimum atomic E-state index is -1.49. The molecule has 0 saturated carbocycles. The van der Waals surface area contributed by atoms with Gasteiger partial charge in [0.25, 0.3) is 0 Å². The fourth-order valence-electron chi connectivity index (χ4n) is 2.33. The maximum absolute atomic E-state index is 11.9. The van der Waals surface area contributed by atoms with Gasteiger partial charge in [0.05, 0.1) is 17.2 Å². The summed E-state index contributed by atoms with van der Waals surface area (Å²) in [5, 5.41) is 19.2. The lowest BCUT2D eigenvalue weighted by atomic mass is 10.0. The second kappa shape index (κ2) is 3.79. The number of esters is 2. The summed E-state index contributed by atoms with van der Waals surface area (Å²) in [6, 6.07) is 3.02. The lowest BCUT2D eigenvalue weighted by Crippen LogP contribution is -2.23. The molecule has 1 aromatic rings. The highest BCUT2D eigenvalue weighted by molar-refractivity contribution is 6.00. The Hall–Kier alpha value is -1.92. The average molecular weight is 250 g/mol. The largest absolute Gasteiger partial charge is 0.455 e. The molecule has 6 nitrogen and oxygen atoms in total. The van der Waals surface area contributed by atoms with Crippen LogP contribution in [0.25, 0.3) is 0 Å². The number of benzene rings is 1. The Morgan fingerprint density at radius 1 is 1.17 bits per heavy atom. The van der Waals surface area contributed by atoms with E-state index in [1.807, 2.05) is 0 Å². The Balaban J connectivity index is 2.20. The molecule has 2 unspecified atom stereocenters. The van der Waals surface area contributed by atoms with Crippen molar-refractivity contribution >= 4 is 11.9 Å². The molecule has 1 heterocycles. The molecule has 2 aliphatic rings. The summed E-state index contributed by atoms with van der Waals surface area (Å²) < 4.78 is 9.55. The van der Waals surface area contributed by atoms with Gasteiger partial charge in [-0.2, -0.15) is 0 Å². The fourth-order valence-corrected chi connectivity index (χ4v) is 2.33. The number of carbonyl (C=O) groups excluding carboxylic acids is 2. The third kappa shape index (κ3) is 1.50. The molecule has 1 aliphatic carbocycles. The quantitative estimate of drug-likeness (QED) is 0.626. The number of rotatable bonds is 0. The van der Waals surface area contributed by atoms with Crippen molar-refractivity contribution in [2.45, 2.75) is 18.8 Å². The molecule has 3 rings (SSSR count). The number of cyclic esters (lactones) is 2. The van der Waals surface area contributed by atoms with Crippen LogP contribution < -0.4 is 0 Å². The number of hydrogen-bond donors (Lipinski definition) is 2. The summed E-state index contributed by atoms with van der Waals surface area (Å²) in [6.07, 6.45) is -2.15. The van der Waals surface area contributed by atoms with Crippen molar-refractivity contribution in [3.8, 4) is 0 Å². The van der Waals surface area contributed by atoms with Crippen molar-refractivity contribution in [3.05, 3.63) is 34.4 Å². The van der Waals surface area contributed by atoms with Crippen molar-refractivity contribution in [3.63, 3.8) is 0 Å². The predicted molar refractivity (Wildman–Crippen MR) is 56.8 cm³/mol. The topological polar surface area (TPSA) is 93.1 Å². The second-order valence-corrected chi connectivity index (χ2v) is 4.23. The van der Waals surface area contributed by atoms with Crippen LogP contribution in [0.3, 0.4) is 0 Å². The van der Waals surface area contributed by atoms with E-state index in [1.165, 1.54) is 12.1 Å². The predicted octanol–water partition coefficient (Wildman–Crippen LogP) is -0.0783. The first-order chi connectivity index (χ1) is 8.58. The van der Waals surface area contributed by atoms with Crippen molar-refractivity contribution < 1.29 is 29.3 Å². The summed E-state index contributed by atoms with van der Waals surface area (Å²) in [7, 11) is 0. The lowest BCUT2D eigenvalue weighted by Gasteiger charge is -2.10.